The van der Waals surface area contributed by atoms with Crippen molar-refractivity contribution < 1.29 is 19.4 Å². The smallest absolute Gasteiger partial charge is 0.339 e. The summed E-state index contributed by atoms with van der Waals surface area (Å²) in [5, 5.41) is 9.27. The fourth-order valence-corrected chi connectivity index (χ4v) is 2.27. The van der Waals surface area contributed by atoms with Crippen molar-refractivity contribution in [3.8, 4) is 11.5 Å². The molecular formula is C16H15BrO4. The molecule has 0 unspecified atom stereocenters. The summed E-state index contributed by atoms with van der Waals surface area (Å²) in [4.78, 5) is 11.3. The van der Waals surface area contributed by atoms with Gasteiger partial charge in [-0.05, 0) is 25.1 Å². The number of carboxylic acid groups (broad SMARTS) is 1. The molecule has 0 saturated heterocycles. The number of hydrogen-bond donors (Lipinski definition) is 1. The summed E-state index contributed by atoms with van der Waals surface area (Å²) in [6, 6.07) is 12.5. The van der Waals surface area contributed by atoms with Crippen molar-refractivity contribution in [3.05, 3.63) is 58.1 Å². The van der Waals surface area contributed by atoms with Crippen LogP contribution in [0.5, 0.6) is 11.5 Å². The lowest BCUT2D eigenvalue weighted by Crippen LogP contribution is -2.06. The van der Waals surface area contributed by atoms with E-state index < -0.39 is 5.97 Å². The molecule has 0 aliphatic rings. The van der Waals surface area contributed by atoms with Gasteiger partial charge in [0.05, 0.1) is 6.61 Å². The van der Waals surface area contributed by atoms with E-state index in [4.69, 9.17) is 9.47 Å². The number of carbonyl (C=O) groups is 1. The SMILES string of the molecule is CCOc1cccc(C(=O)O)c1OCc1ccccc1Br. The van der Waals surface area contributed by atoms with Gasteiger partial charge >= 0.3 is 5.97 Å². The topological polar surface area (TPSA) is 55.8 Å². The lowest BCUT2D eigenvalue weighted by atomic mass is 10.2. The standard InChI is InChI=1S/C16H15BrO4/c1-2-20-14-9-5-7-12(16(18)19)15(14)21-10-11-6-3-4-8-13(11)17/h3-9H,2,10H2,1H3,(H,18,19). The lowest BCUT2D eigenvalue weighted by molar-refractivity contribution is 0.0690. The zero-order chi connectivity index (χ0) is 15.2. The first-order valence-electron chi connectivity index (χ1n) is 6.48. The van der Waals surface area contributed by atoms with Crippen LogP contribution in [0.1, 0.15) is 22.8 Å². The van der Waals surface area contributed by atoms with Crippen molar-refractivity contribution in [2.24, 2.45) is 0 Å². The van der Waals surface area contributed by atoms with Gasteiger partial charge in [0.1, 0.15) is 12.2 Å². The van der Waals surface area contributed by atoms with Crippen molar-refractivity contribution in [3.63, 3.8) is 0 Å². The number of hydrogen-bond acceptors (Lipinski definition) is 3. The monoisotopic (exact) mass is 350 g/mol. The van der Waals surface area contributed by atoms with E-state index in [1.165, 1.54) is 6.07 Å². The third-order valence-corrected chi connectivity index (χ3v) is 3.61. The van der Waals surface area contributed by atoms with Gasteiger partial charge in [-0.2, -0.15) is 0 Å². The maximum absolute atomic E-state index is 11.3. The number of ether oxygens (including phenoxy) is 2. The van der Waals surface area contributed by atoms with Crippen LogP contribution in [0.3, 0.4) is 0 Å². The average molecular weight is 351 g/mol. The summed E-state index contributed by atoms with van der Waals surface area (Å²) < 4.78 is 12.1. The molecule has 0 aliphatic heterocycles. The molecule has 0 bridgehead atoms. The van der Waals surface area contributed by atoms with E-state index in [0.717, 1.165) is 10.0 Å². The molecule has 1 N–H and O–H groups in total. The molecule has 4 nitrogen and oxygen atoms in total. The van der Waals surface area contributed by atoms with Crippen LogP contribution >= 0.6 is 15.9 Å². The largest absolute Gasteiger partial charge is 0.490 e. The molecule has 2 aromatic carbocycles. The highest BCUT2D eigenvalue weighted by molar-refractivity contribution is 9.10. The molecule has 0 fully saturated rings. The van der Waals surface area contributed by atoms with Crippen molar-refractivity contribution in [1.29, 1.82) is 0 Å². The quantitative estimate of drug-likeness (QED) is 0.850. The molecule has 0 aromatic heterocycles. The van der Waals surface area contributed by atoms with Gasteiger partial charge in [0, 0.05) is 10.0 Å². The first kappa shape index (κ1) is 15.4. The van der Waals surface area contributed by atoms with E-state index in [1.807, 2.05) is 31.2 Å². The van der Waals surface area contributed by atoms with Crippen molar-refractivity contribution in [2.45, 2.75) is 13.5 Å². The third kappa shape index (κ3) is 3.76. The van der Waals surface area contributed by atoms with Crippen LogP contribution < -0.4 is 9.47 Å². The Balaban J connectivity index is 2.29. The lowest BCUT2D eigenvalue weighted by Gasteiger charge is -2.14. The minimum Gasteiger partial charge on any atom is -0.490 e. The van der Waals surface area contributed by atoms with Gasteiger partial charge in [0.15, 0.2) is 11.5 Å². The summed E-state index contributed by atoms with van der Waals surface area (Å²) in [5.74, 6) is -0.356. The number of rotatable bonds is 6. The fourth-order valence-electron chi connectivity index (χ4n) is 1.87. The van der Waals surface area contributed by atoms with E-state index in [0.29, 0.717) is 12.4 Å². The summed E-state index contributed by atoms with van der Waals surface area (Å²) in [5.41, 5.74) is 1.02. The molecule has 5 heteroatoms. The molecule has 0 heterocycles. The van der Waals surface area contributed by atoms with Crippen LogP contribution in [0.2, 0.25) is 0 Å². The van der Waals surface area contributed by atoms with Gasteiger partial charge in [-0.25, -0.2) is 4.79 Å². The molecule has 110 valence electrons. The molecule has 21 heavy (non-hydrogen) atoms. The molecule has 0 spiro atoms. The van der Waals surface area contributed by atoms with Crippen molar-refractivity contribution >= 4 is 21.9 Å². The minimum absolute atomic E-state index is 0.0907. The van der Waals surface area contributed by atoms with Crippen LogP contribution in [-0.2, 0) is 6.61 Å². The summed E-state index contributed by atoms with van der Waals surface area (Å²) in [6.07, 6.45) is 0. The van der Waals surface area contributed by atoms with E-state index in [1.54, 1.807) is 12.1 Å². The number of carboxylic acids is 1. The van der Waals surface area contributed by atoms with Crippen LogP contribution in [-0.4, -0.2) is 17.7 Å². The molecule has 0 aliphatic carbocycles. The highest BCUT2D eigenvalue weighted by Gasteiger charge is 2.17. The van der Waals surface area contributed by atoms with E-state index in [2.05, 4.69) is 15.9 Å². The van der Waals surface area contributed by atoms with Crippen molar-refractivity contribution in [1.82, 2.24) is 0 Å². The average Bonchev–Trinajstić information content (AvgIpc) is 2.47. The maximum atomic E-state index is 11.3. The Morgan fingerprint density at radius 2 is 1.90 bits per heavy atom. The van der Waals surface area contributed by atoms with Gasteiger partial charge in [-0.3, -0.25) is 0 Å². The van der Waals surface area contributed by atoms with E-state index in [-0.39, 0.29) is 17.9 Å². The van der Waals surface area contributed by atoms with E-state index >= 15 is 0 Å². The summed E-state index contributed by atoms with van der Waals surface area (Å²) in [6.45, 7) is 2.53. The normalized spacial score (nSPS) is 10.2. The predicted molar refractivity (Wildman–Crippen MR) is 83.0 cm³/mol. The molecule has 2 aromatic rings. The van der Waals surface area contributed by atoms with Crippen LogP contribution in [0.4, 0.5) is 0 Å². The second kappa shape index (κ2) is 7.13. The van der Waals surface area contributed by atoms with Gasteiger partial charge < -0.3 is 14.6 Å². The Bertz CT molecular complexity index is 640. The fraction of sp³-hybridized carbons (Fsp3) is 0.188. The zero-order valence-corrected chi connectivity index (χ0v) is 13.1. The van der Waals surface area contributed by atoms with Gasteiger partial charge in [-0.15, -0.1) is 0 Å². The Morgan fingerprint density at radius 1 is 1.14 bits per heavy atom. The molecular weight excluding hydrogens is 336 g/mol. The molecule has 2 rings (SSSR count). The Kier molecular flexibility index (Phi) is 5.22. The second-order valence-electron chi connectivity index (χ2n) is 4.25. The van der Waals surface area contributed by atoms with Crippen molar-refractivity contribution in [2.75, 3.05) is 6.61 Å². The van der Waals surface area contributed by atoms with Crippen LogP contribution in [0.25, 0.3) is 0 Å². The number of halogens is 1. The van der Waals surface area contributed by atoms with Crippen LogP contribution in [0, 0.1) is 0 Å². The van der Waals surface area contributed by atoms with Gasteiger partial charge in [-0.1, -0.05) is 40.2 Å². The highest BCUT2D eigenvalue weighted by atomic mass is 79.9. The Morgan fingerprint density at radius 3 is 2.57 bits per heavy atom. The molecule has 0 saturated carbocycles. The molecule has 0 atom stereocenters. The summed E-state index contributed by atoms with van der Waals surface area (Å²) >= 11 is 3.44. The first-order valence-corrected chi connectivity index (χ1v) is 7.28. The zero-order valence-electron chi connectivity index (χ0n) is 11.5. The minimum atomic E-state index is -1.04. The Labute approximate surface area is 131 Å². The third-order valence-electron chi connectivity index (χ3n) is 2.84. The van der Waals surface area contributed by atoms with Gasteiger partial charge in [0.2, 0.25) is 0 Å². The number of para-hydroxylation sites is 1. The second-order valence-corrected chi connectivity index (χ2v) is 5.11. The number of benzene rings is 2. The van der Waals surface area contributed by atoms with Gasteiger partial charge in [0.25, 0.3) is 0 Å². The maximum Gasteiger partial charge on any atom is 0.339 e. The highest BCUT2D eigenvalue weighted by Crippen LogP contribution is 2.32. The molecule has 0 radical (unpaired) electrons. The molecule has 0 amide bonds. The van der Waals surface area contributed by atoms with E-state index in [9.17, 15) is 9.90 Å². The summed E-state index contributed by atoms with van der Waals surface area (Å²) in [7, 11) is 0. The predicted octanol–water partition coefficient (Wildman–Crippen LogP) is 4.13. The number of aromatic carboxylic acids is 1. The Hall–Kier alpha value is -2.01. The van der Waals surface area contributed by atoms with Crippen LogP contribution in [0.15, 0.2) is 46.9 Å². The first-order chi connectivity index (χ1) is 10.1.